The molecule has 0 aliphatic rings. The highest BCUT2D eigenvalue weighted by Gasteiger charge is 2.14. The van der Waals surface area contributed by atoms with Crippen molar-refractivity contribution in [1.29, 1.82) is 0 Å². The van der Waals surface area contributed by atoms with Crippen LogP contribution in [0.4, 0.5) is 4.39 Å². The molecule has 130 valence electrons. The summed E-state index contributed by atoms with van der Waals surface area (Å²) in [6.07, 6.45) is 8.54. The third kappa shape index (κ3) is 4.70. The van der Waals surface area contributed by atoms with E-state index in [-0.39, 0.29) is 11.1 Å². The summed E-state index contributed by atoms with van der Waals surface area (Å²) < 4.78 is 25.2. The Morgan fingerprint density at radius 1 is 1.25 bits per heavy atom. The van der Waals surface area contributed by atoms with Crippen LogP contribution in [-0.4, -0.2) is 6.61 Å². The van der Waals surface area contributed by atoms with E-state index in [1.807, 2.05) is 0 Å². The van der Waals surface area contributed by atoms with E-state index < -0.39 is 11.4 Å². The molecule has 0 aliphatic carbocycles. The first-order valence-corrected chi connectivity index (χ1v) is 8.66. The fraction of sp³-hybridized carbons (Fsp3) is 0.450. The number of halogens is 1. The Kier molecular flexibility index (Phi) is 7.04. The summed E-state index contributed by atoms with van der Waals surface area (Å²) in [4.78, 5) is 12.1. The third-order valence-corrected chi connectivity index (χ3v) is 3.98. The molecule has 0 bridgehead atoms. The quantitative estimate of drug-likeness (QED) is 0.432. The molecule has 0 atom stereocenters. The molecule has 2 aromatic rings. The van der Waals surface area contributed by atoms with E-state index in [0.717, 1.165) is 19.3 Å². The topological polar surface area (TPSA) is 39.4 Å². The number of benzene rings is 1. The molecule has 0 N–H and O–H groups in total. The fourth-order valence-electron chi connectivity index (χ4n) is 2.64. The standard InChI is InChI=1S/C20H25FO3/c1-3-5-7-8-9-13-23-17-12-11-15-14-16(10-6-4-2)24-20(22)18(15)19(17)21/h4,11-12,14H,2-3,5-10,13H2,1H3. The minimum absolute atomic E-state index is 0.0409. The maximum Gasteiger partial charge on any atom is 0.346 e. The van der Waals surface area contributed by atoms with Crippen LogP contribution in [0.15, 0.2) is 40.1 Å². The van der Waals surface area contributed by atoms with Crippen molar-refractivity contribution in [3.8, 4) is 5.75 Å². The van der Waals surface area contributed by atoms with Crippen molar-refractivity contribution in [2.75, 3.05) is 6.61 Å². The lowest BCUT2D eigenvalue weighted by atomic mass is 10.1. The zero-order valence-corrected chi connectivity index (χ0v) is 14.3. The Balaban J connectivity index is 2.10. The molecule has 0 unspecified atom stereocenters. The number of aryl methyl sites for hydroxylation is 1. The second kappa shape index (κ2) is 9.26. The van der Waals surface area contributed by atoms with Crippen LogP contribution < -0.4 is 10.4 Å². The lowest BCUT2D eigenvalue weighted by molar-refractivity contribution is 0.291. The van der Waals surface area contributed by atoms with E-state index in [1.165, 1.54) is 12.8 Å². The molecule has 1 aromatic carbocycles. The van der Waals surface area contributed by atoms with Gasteiger partial charge in [0.05, 0.1) is 6.61 Å². The zero-order valence-electron chi connectivity index (χ0n) is 14.3. The summed E-state index contributed by atoms with van der Waals surface area (Å²) in [5.41, 5.74) is -0.655. The Hall–Kier alpha value is -2.10. The Bertz CT molecular complexity index is 733. The van der Waals surface area contributed by atoms with E-state index >= 15 is 0 Å². The Labute approximate surface area is 142 Å². The first-order valence-electron chi connectivity index (χ1n) is 8.66. The molecule has 3 nitrogen and oxygen atoms in total. The van der Waals surface area contributed by atoms with Gasteiger partial charge in [-0.25, -0.2) is 9.18 Å². The highest BCUT2D eigenvalue weighted by Crippen LogP contribution is 2.25. The zero-order chi connectivity index (χ0) is 17.4. The number of hydrogen-bond acceptors (Lipinski definition) is 3. The van der Waals surface area contributed by atoms with Gasteiger partial charge in [0.25, 0.3) is 0 Å². The molecular weight excluding hydrogens is 307 g/mol. The van der Waals surface area contributed by atoms with Gasteiger partial charge in [-0.2, -0.15) is 0 Å². The molecule has 1 aromatic heterocycles. The first kappa shape index (κ1) is 18.2. The molecule has 0 spiro atoms. The number of ether oxygens (including phenoxy) is 1. The van der Waals surface area contributed by atoms with Crippen LogP contribution in [0.5, 0.6) is 5.75 Å². The van der Waals surface area contributed by atoms with E-state index in [4.69, 9.17) is 9.15 Å². The SMILES string of the molecule is C=CCCc1cc2ccc(OCCCCCCC)c(F)c2c(=O)o1. The normalized spacial score (nSPS) is 10.9. The second-order valence-electron chi connectivity index (χ2n) is 5.93. The van der Waals surface area contributed by atoms with Crippen LogP contribution in [0.25, 0.3) is 10.8 Å². The third-order valence-electron chi connectivity index (χ3n) is 3.98. The number of unbranched alkanes of at least 4 members (excludes halogenated alkanes) is 4. The van der Waals surface area contributed by atoms with Crippen molar-refractivity contribution in [3.05, 3.63) is 52.9 Å². The predicted molar refractivity (Wildman–Crippen MR) is 95.2 cm³/mol. The molecule has 24 heavy (non-hydrogen) atoms. The first-order chi connectivity index (χ1) is 11.7. The minimum Gasteiger partial charge on any atom is -0.490 e. The van der Waals surface area contributed by atoms with E-state index in [1.54, 1.807) is 24.3 Å². The smallest absolute Gasteiger partial charge is 0.346 e. The van der Waals surface area contributed by atoms with Gasteiger partial charge in [0, 0.05) is 6.42 Å². The van der Waals surface area contributed by atoms with Crippen molar-refractivity contribution >= 4 is 10.8 Å². The average Bonchev–Trinajstić information content (AvgIpc) is 2.57. The molecule has 2 rings (SSSR count). The largest absolute Gasteiger partial charge is 0.490 e. The molecule has 0 amide bonds. The summed E-state index contributed by atoms with van der Waals surface area (Å²) in [6.45, 7) is 6.26. The molecular formula is C20H25FO3. The number of fused-ring (bicyclic) bond motifs is 1. The monoisotopic (exact) mass is 332 g/mol. The van der Waals surface area contributed by atoms with Gasteiger partial charge >= 0.3 is 5.63 Å². The van der Waals surface area contributed by atoms with Gasteiger partial charge in [-0.05, 0) is 30.4 Å². The van der Waals surface area contributed by atoms with Crippen LogP contribution in [-0.2, 0) is 6.42 Å². The highest BCUT2D eigenvalue weighted by molar-refractivity contribution is 5.83. The molecule has 0 saturated heterocycles. The summed E-state index contributed by atoms with van der Waals surface area (Å²) in [5, 5.41) is 0.499. The lowest BCUT2D eigenvalue weighted by Gasteiger charge is -2.09. The molecule has 1 heterocycles. The summed E-state index contributed by atoms with van der Waals surface area (Å²) in [7, 11) is 0. The maximum atomic E-state index is 14.5. The fourth-order valence-corrected chi connectivity index (χ4v) is 2.64. The molecule has 0 saturated carbocycles. The minimum atomic E-state index is -0.655. The van der Waals surface area contributed by atoms with Gasteiger partial charge in [-0.1, -0.05) is 44.7 Å². The second-order valence-corrected chi connectivity index (χ2v) is 5.93. The van der Waals surface area contributed by atoms with Crippen LogP contribution >= 0.6 is 0 Å². The van der Waals surface area contributed by atoms with Gasteiger partial charge in [0.2, 0.25) is 0 Å². The van der Waals surface area contributed by atoms with Crippen molar-refractivity contribution in [2.24, 2.45) is 0 Å². The van der Waals surface area contributed by atoms with Crippen LogP contribution in [0.2, 0.25) is 0 Å². The van der Waals surface area contributed by atoms with Gasteiger partial charge in [-0.3, -0.25) is 0 Å². The van der Waals surface area contributed by atoms with Gasteiger partial charge in [0.15, 0.2) is 11.6 Å². The Morgan fingerprint density at radius 2 is 2.04 bits per heavy atom. The van der Waals surface area contributed by atoms with Crippen molar-refractivity contribution in [3.63, 3.8) is 0 Å². The van der Waals surface area contributed by atoms with Crippen molar-refractivity contribution in [1.82, 2.24) is 0 Å². The molecule has 0 fully saturated rings. The number of rotatable bonds is 10. The van der Waals surface area contributed by atoms with Crippen LogP contribution in [0, 0.1) is 5.82 Å². The molecule has 0 aliphatic heterocycles. The van der Waals surface area contributed by atoms with Crippen LogP contribution in [0.3, 0.4) is 0 Å². The van der Waals surface area contributed by atoms with Gasteiger partial charge < -0.3 is 9.15 Å². The lowest BCUT2D eigenvalue weighted by Crippen LogP contribution is -2.07. The summed E-state index contributed by atoms with van der Waals surface area (Å²) in [5.74, 6) is 0.0191. The summed E-state index contributed by atoms with van der Waals surface area (Å²) in [6, 6.07) is 5.00. The van der Waals surface area contributed by atoms with Crippen molar-refractivity contribution in [2.45, 2.75) is 51.9 Å². The summed E-state index contributed by atoms with van der Waals surface area (Å²) >= 11 is 0. The average molecular weight is 332 g/mol. The highest BCUT2D eigenvalue weighted by atomic mass is 19.1. The van der Waals surface area contributed by atoms with E-state index in [2.05, 4.69) is 13.5 Å². The van der Waals surface area contributed by atoms with E-state index in [9.17, 15) is 9.18 Å². The van der Waals surface area contributed by atoms with Gasteiger partial charge in [0.1, 0.15) is 11.1 Å². The molecule has 4 heteroatoms. The van der Waals surface area contributed by atoms with Crippen molar-refractivity contribution < 1.29 is 13.5 Å². The number of hydrogen-bond donors (Lipinski definition) is 0. The predicted octanol–water partition coefficient (Wildman–Crippen LogP) is 5.40. The van der Waals surface area contributed by atoms with Crippen LogP contribution in [0.1, 0.15) is 51.2 Å². The Morgan fingerprint density at radius 3 is 2.79 bits per heavy atom. The molecule has 0 radical (unpaired) electrons. The maximum absolute atomic E-state index is 14.5. The number of allylic oxidation sites excluding steroid dienone is 1. The van der Waals surface area contributed by atoms with E-state index in [0.29, 0.717) is 30.6 Å². The van der Waals surface area contributed by atoms with Gasteiger partial charge in [-0.15, -0.1) is 6.58 Å².